The van der Waals surface area contributed by atoms with Crippen molar-refractivity contribution in [1.29, 1.82) is 0 Å². The molecule has 208 valence electrons. The fourth-order valence-electron chi connectivity index (χ4n) is 2.55. The van der Waals surface area contributed by atoms with Crippen molar-refractivity contribution in [1.82, 2.24) is 0 Å². The Balaban J connectivity index is 1.67. The molecule has 0 aliphatic carbocycles. The summed E-state index contributed by atoms with van der Waals surface area (Å²) in [5.74, 6) is -0.358. The van der Waals surface area contributed by atoms with E-state index < -0.39 is 6.67 Å². The minimum Gasteiger partial charge on any atom is -0.460 e. The molecule has 0 radical (unpaired) electrons. The molecule has 0 saturated carbocycles. The molecule has 11 heteroatoms. The Bertz CT molecular complexity index is 593. The van der Waals surface area contributed by atoms with Crippen LogP contribution >= 0.6 is 0 Å². The summed E-state index contributed by atoms with van der Waals surface area (Å²) in [4.78, 5) is 11.7. The molecular weight excluding hydrogens is 479 g/mol. The third kappa shape index (κ3) is 21.6. The van der Waals surface area contributed by atoms with E-state index in [1.54, 1.807) is 24.3 Å². The standard InChI is InChI=1S/C25H41FO10/c26-6-7-28-8-9-29-10-11-30-12-13-31-14-15-32-16-17-33-18-19-34-20-21-35-22-23-36-25(27)24-4-2-1-3-5-24/h1-5H,6-23H2. The number of hydrogen-bond donors (Lipinski definition) is 0. The van der Waals surface area contributed by atoms with E-state index in [9.17, 15) is 9.18 Å². The lowest BCUT2D eigenvalue weighted by atomic mass is 10.2. The van der Waals surface area contributed by atoms with Crippen molar-refractivity contribution in [2.24, 2.45) is 0 Å². The van der Waals surface area contributed by atoms with Gasteiger partial charge >= 0.3 is 5.97 Å². The predicted molar refractivity (Wildman–Crippen MR) is 129 cm³/mol. The first-order chi connectivity index (χ1) is 17.8. The van der Waals surface area contributed by atoms with Crippen molar-refractivity contribution in [3.05, 3.63) is 35.9 Å². The smallest absolute Gasteiger partial charge is 0.338 e. The largest absolute Gasteiger partial charge is 0.460 e. The highest BCUT2D eigenvalue weighted by molar-refractivity contribution is 5.89. The molecule has 0 saturated heterocycles. The van der Waals surface area contributed by atoms with Crippen LogP contribution in [0.15, 0.2) is 30.3 Å². The quantitative estimate of drug-likeness (QED) is 0.126. The molecule has 0 heterocycles. The van der Waals surface area contributed by atoms with Gasteiger partial charge in [0.25, 0.3) is 0 Å². The molecule has 1 rings (SSSR count). The molecule has 36 heavy (non-hydrogen) atoms. The highest BCUT2D eigenvalue weighted by Crippen LogP contribution is 2.00. The van der Waals surface area contributed by atoms with Gasteiger partial charge in [0.2, 0.25) is 0 Å². The van der Waals surface area contributed by atoms with Crippen molar-refractivity contribution in [2.75, 3.05) is 119 Å². The second kappa shape index (κ2) is 26.4. The number of alkyl halides is 1. The Labute approximate surface area is 213 Å². The van der Waals surface area contributed by atoms with Crippen LogP contribution in [-0.2, 0) is 42.6 Å². The maximum absolute atomic E-state index is 11.8. The molecule has 0 amide bonds. The zero-order valence-corrected chi connectivity index (χ0v) is 21.1. The van der Waals surface area contributed by atoms with Crippen LogP contribution in [0.3, 0.4) is 0 Å². The first-order valence-corrected chi connectivity index (χ1v) is 12.2. The van der Waals surface area contributed by atoms with Crippen molar-refractivity contribution in [3.63, 3.8) is 0 Å². The second-order valence-corrected chi connectivity index (χ2v) is 7.09. The Morgan fingerprint density at radius 2 is 0.778 bits per heavy atom. The van der Waals surface area contributed by atoms with E-state index in [1.165, 1.54) is 0 Å². The highest BCUT2D eigenvalue weighted by Gasteiger charge is 2.05. The Kier molecular flexibility index (Phi) is 23.7. The minimum absolute atomic E-state index is 0.111. The van der Waals surface area contributed by atoms with Gasteiger partial charge in [0.1, 0.15) is 13.3 Å². The Hall–Kier alpha value is -1.70. The maximum Gasteiger partial charge on any atom is 0.338 e. The van der Waals surface area contributed by atoms with Crippen LogP contribution in [-0.4, -0.2) is 125 Å². The fourth-order valence-corrected chi connectivity index (χ4v) is 2.55. The summed E-state index contributed by atoms with van der Waals surface area (Å²) in [6.07, 6.45) is 0. The van der Waals surface area contributed by atoms with Crippen molar-refractivity contribution < 1.29 is 51.8 Å². The number of rotatable bonds is 27. The normalized spacial score (nSPS) is 11.1. The maximum atomic E-state index is 11.8. The summed E-state index contributed by atoms with van der Waals surface area (Å²) >= 11 is 0. The van der Waals surface area contributed by atoms with Gasteiger partial charge in [-0.2, -0.15) is 0 Å². The van der Waals surface area contributed by atoms with Gasteiger partial charge in [0, 0.05) is 0 Å². The summed E-state index contributed by atoms with van der Waals surface area (Å²) in [7, 11) is 0. The highest BCUT2D eigenvalue weighted by atomic mass is 19.1. The van der Waals surface area contributed by atoms with Crippen molar-refractivity contribution >= 4 is 5.97 Å². The fraction of sp³-hybridized carbons (Fsp3) is 0.720. The van der Waals surface area contributed by atoms with Gasteiger partial charge in [-0.25, -0.2) is 9.18 Å². The van der Waals surface area contributed by atoms with E-state index in [2.05, 4.69) is 0 Å². The van der Waals surface area contributed by atoms with Gasteiger partial charge in [-0.3, -0.25) is 0 Å². The molecule has 0 aliphatic heterocycles. The Morgan fingerprint density at radius 1 is 0.472 bits per heavy atom. The molecule has 1 aromatic rings. The van der Waals surface area contributed by atoms with Crippen LogP contribution in [0.2, 0.25) is 0 Å². The number of ether oxygens (including phenoxy) is 9. The molecule has 10 nitrogen and oxygen atoms in total. The van der Waals surface area contributed by atoms with Crippen LogP contribution in [0.1, 0.15) is 10.4 Å². The molecule has 1 aromatic carbocycles. The van der Waals surface area contributed by atoms with E-state index >= 15 is 0 Å². The number of carbonyl (C=O) groups is 1. The van der Waals surface area contributed by atoms with Gasteiger partial charge in [0.15, 0.2) is 0 Å². The monoisotopic (exact) mass is 520 g/mol. The lowest BCUT2D eigenvalue weighted by Gasteiger charge is -2.09. The lowest BCUT2D eigenvalue weighted by molar-refractivity contribution is -0.0245. The first kappa shape index (κ1) is 32.3. The average Bonchev–Trinajstić information content (AvgIpc) is 2.91. The van der Waals surface area contributed by atoms with Crippen LogP contribution in [0.25, 0.3) is 0 Å². The number of esters is 1. The number of carbonyl (C=O) groups excluding carboxylic acids is 1. The van der Waals surface area contributed by atoms with Gasteiger partial charge < -0.3 is 42.6 Å². The van der Waals surface area contributed by atoms with Gasteiger partial charge in [-0.1, -0.05) is 18.2 Å². The molecular formula is C25H41FO10. The summed E-state index contributed by atoms with van der Waals surface area (Å²) in [6, 6.07) is 8.83. The number of hydrogen-bond acceptors (Lipinski definition) is 10. The second-order valence-electron chi connectivity index (χ2n) is 7.09. The van der Waals surface area contributed by atoms with E-state index in [1.807, 2.05) is 6.07 Å². The molecule has 0 unspecified atom stereocenters. The zero-order chi connectivity index (χ0) is 25.8. The van der Waals surface area contributed by atoms with E-state index in [-0.39, 0.29) is 19.2 Å². The first-order valence-electron chi connectivity index (χ1n) is 12.2. The van der Waals surface area contributed by atoms with E-state index in [0.29, 0.717) is 105 Å². The topological polar surface area (TPSA) is 100 Å². The SMILES string of the molecule is O=C(OCCOCCOCCOCCOCCOCCOCCOCCOCCF)c1ccccc1. The third-order valence-electron chi connectivity index (χ3n) is 4.30. The van der Waals surface area contributed by atoms with Crippen LogP contribution in [0.5, 0.6) is 0 Å². The molecule has 0 N–H and O–H groups in total. The lowest BCUT2D eigenvalue weighted by Crippen LogP contribution is -2.15. The van der Waals surface area contributed by atoms with Crippen LogP contribution in [0, 0.1) is 0 Å². The van der Waals surface area contributed by atoms with Crippen LogP contribution < -0.4 is 0 Å². The number of halogens is 1. The molecule has 0 aromatic heterocycles. The van der Waals surface area contributed by atoms with Crippen molar-refractivity contribution in [3.8, 4) is 0 Å². The predicted octanol–water partition coefficient (Wildman–Crippen LogP) is 1.95. The van der Waals surface area contributed by atoms with Crippen LogP contribution in [0.4, 0.5) is 4.39 Å². The number of benzene rings is 1. The molecule has 0 fully saturated rings. The summed E-state index contributed by atoms with van der Waals surface area (Å²) in [5, 5.41) is 0. The zero-order valence-electron chi connectivity index (χ0n) is 21.1. The summed E-state index contributed by atoms with van der Waals surface area (Å²) < 4.78 is 59.5. The van der Waals surface area contributed by atoms with Crippen molar-refractivity contribution in [2.45, 2.75) is 0 Å². The minimum atomic E-state index is -0.477. The van der Waals surface area contributed by atoms with Gasteiger partial charge in [0.05, 0.1) is 111 Å². The third-order valence-corrected chi connectivity index (χ3v) is 4.30. The van der Waals surface area contributed by atoms with E-state index in [4.69, 9.17) is 42.6 Å². The van der Waals surface area contributed by atoms with E-state index in [0.717, 1.165) is 0 Å². The Morgan fingerprint density at radius 3 is 1.11 bits per heavy atom. The van der Waals surface area contributed by atoms with Gasteiger partial charge in [-0.15, -0.1) is 0 Å². The van der Waals surface area contributed by atoms with Gasteiger partial charge in [-0.05, 0) is 12.1 Å². The summed E-state index contributed by atoms with van der Waals surface area (Å²) in [5.41, 5.74) is 0.523. The molecule has 0 aliphatic rings. The molecule has 0 spiro atoms. The average molecular weight is 521 g/mol. The molecule has 0 atom stereocenters. The summed E-state index contributed by atoms with van der Waals surface area (Å²) in [6.45, 7) is 6.62. The molecule has 0 bridgehead atoms.